The van der Waals surface area contributed by atoms with Crippen molar-refractivity contribution in [2.45, 2.75) is 33.2 Å². The van der Waals surface area contributed by atoms with Crippen molar-refractivity contribution < 1.29 is 84.1 Å². The van der Waals surface area contributed by atoms with Gasteiger partial charge in [-0.25, -0.2) is 9.59 Å². The van der Waals surface area contributed by atoms with E-state index >= 15 is 0 Å². The molecule has 0 aliphatic carbocycles. The van der Waals surface area contributed by atoms with E-state index < -0.39 is 24.1 Å². The number of aryl methyl sites for hydroxylation is 1. The maximum atomic E-state index is 13.2. The Labute approximate surface area is 287 Å². The molecule has 5 aromatic rings. The molecular formula is C30H25KN4O8. The van der Waals surface area contributed by atoms with Gasteiger partial charge in [-0.1, -0.05) is 54.6 Å². The van der Waals surface area contributed by atoms with E-state index in [9.17, 15) is 14.4 Å². The fraction of sp³-hybridized carbons (Fsp3) is 0.200. The van der Waals surface area contributed by atoms with Crippen LogP contribution < -0.4 is 67.4 Å². The molecule has 3 aromatic carbocycles. The molecule has 0 bridgehead atoms. The number of nitrogens with zero attached hydrogens (tertiary/aromatic N) is 3. The minimum atomic E-state index is -0.857. The fourth-order valence-corrected chi connectivity index (χ4v) is 4.80. The minimum Gasteiger partial charge on any atom is -0.595 e. The van der Waals surface area contributed by atoms with Crippen molar-refractivity contribution in [1.82, 2.24) is 15.0 Å². The SMILES string of the molecule is CCOc1nc2cccc(C(=O)OCc3oc(=O)oc3C)c2n1Cc1ccc(-c2ccccc2C2[N-]C(=O)ON2)cc1.[K+]. The Kier molecular flexibility index (Phi) is 9.49. The van der Waals surface area contributed by atoms with Gasteiger partial charge in [-0.05, 0) is 48.2 Å². The topological polar surface area (TPSA) is 149 Å². The Hall–Kier alpha value is -3.72. The molecule has 1 saturated heterocycles. The van der Waals surface area contributed by atoms with Gasteiger partial charge < -0.3 is 28.5 Å². The van der Waals surface area contributed by atoms with Gasteiger partial charge in [0.25, 0.3) is 12.1 Å². The summed E-state index contributed by atoms with van der Waals surface area (Å²) >= 11 is 0. The van der Waals surface area contributed by atoms with Crippen molar-refractivity contribution >= 4 is 23.1 Å². The van der Waals surface area contributed by atoms with Gasteiger partial charge in [-0.2, -0.15) is 10.5 Å². The van der Waals surface area contributed by atoms with Crippen molar-refractivity contribution in [3.63, 3.8) is 0 Å². The van der Waals surface area contributed by atoms with Crippen LogP contribution in [0, 0.1) is 6.92 Å². The molecule has 0 saturated carbocycles. The van der Waals surface area contributed by atoms with Crippen LogP contribution >= 0.6 is 0 Å². The molecule has 1 fully saturated rings. The number of rotatable bonds is 9. The first kappa shape index (κ1) is 30.7. The zero-order valence-electron chi connectivity index (χ0n) is 23.7. The van der Waals surface area contributed by atoms with Crippen LogP contribution in [-0.4, -0.2) is 28.2 Å². The Morgan fingerprint density at radius 1 is 1.05 bits per heavy atom. The number of ether oxygens (including phenoxy) is 2. The third-order valence-corrected chi connectivity index (χ3v) is 6.75. The van der Waals surface area contributed by atoms with Gasteiger partial charge in [-0.3, -0.25) is 9.36 Å². The Balaban J connectivity index is 0.00000368. The number of nitrogens with one attached hydrogen (secondary N) is 1. The molecule has 1 aliphatic rings. The number of esters is 1. The van der Waals surface area contributed by atoms with Gasteiger partial charge in [0.05, 0.1) is 29.7 Å². The van der Waals surface area contributed by atoms with E-state index in [2.05, 4.69) is 15.8 Å². The summed E-state index contributed by atoms with van der Waals surface area (Å²) in [4.78, 5) is 45.4. The zero-order valence-corrected chi connectivity index (χ0v) is 26.8. The van der Waals surface area contributed by atoms with Crippen LogP contribution in [0.1, 0.15) is 46.1 Å². The number of para-hydroxylation sites is 1. The largest absolute Gasteiger partial charge is 1.00 e. The second-order valence-electron chi connectivity index (χ2n) is 9.40. The second kappa shape index (κ2) is 13.3. The van der Waals surface area contributed by atoms with E-state index in [1.54, 1.807) is 25.1 Å². The first-order valence-electron chi connectivity index (χ1n) is 13.1. The van der Waals surface area contributed by atoms with E-state index in [4.69, 9.17) is 23.1 Å². The number of hydroxylamine groups is 1. The summed E-state index contributed by atoms with van der Waals surface area (Å²) in [5.41, 5.74) is 7.60. The molecule has 0 spiro atoms. The third kappa shape index (κ3) is 6.46. The number of carbonyl (C=O) groups excluding carboxylic acids is 2. The summed E-state index contributed by atoms with van der Waals surface area (Å²) in [6, 6.07) is 21.0. The summed E-state index contributed by atoms with van der Waals surface area (Å²) in [6.45, 7) is 3.89. The minimum absolute atomic E-state index is 0. The number of benzene rings is 3. The van der Waals surface area contributed by atoms with E-state index in [0.29, 0.717) is 30.2 Å². The van der Waals surface area contributed by atoms with Crippen LogP contribution in [0.5, 0.6) is 6.01 Å². The standard InChI is InChI=1S/C30H26N4O8.K/c1-3-38-28-31-23-10-6-9-22(27(35)39-16-24-17(2)40-30(37)41-24)25(23)34(28)15-18-11-13-19(14-12-18)20-7-4-5-8-21(20)26-32-29(36)42-33-26;/h4-14,26,33H,3,15-16H2,1-2H3,(H,32,36);/q;+1/p-1. The van der Waals surface area contributed by atoms with Crippen molar-refractivity contribution in [3.8, 4) is 17.1 Å². The van der Waals surface area contributed by atoms with Crippen molar-refractivity contribution in [1.29, 1.82) is 0 Å². The third-order valence-electron chi connectivity index (χ3n) is 6.75. The van der Waals surface area contributed by atoms with Gasteiger partial charge in [0.2, 0.25) is 0 Å². The summed E-state index contributed by atoms with van der Waals surface area (Å²) < 4.78 is 22.9. The summed E-state index contributed by atoms with van der Waals surface area (Å²) in [7, 11) is 0. The first-order valence-corrected chi connectivity index (χ1v) is 13.1. The molecule has 1 aliphatic heterocycles. The van der Waals surface area contributed by atoms with E-state index in [1.165, 1.54) is 0 Å². The molecule has 13 heteroatoms. The van der Waals surface area contributed by atoms with Crippen LogP contribution in [0.15, 0.2) is 80.4 Å². The van der Waals surface area contributed by atoms with Gasteiger partial charge in [0.15, 0.2) is 18.1 Å². The van der Waals surface area contributed by atoms with E-state index in [1.807, 2.05) is 60.0 Å². The Bertz CT molecular complexity index is 1840. The van der Waals surface area contributed by atoms with E-state index in [-0.39, 0.29) is 75.1 Å². The van der Waals surface area contributed by atoms with Crippen molar-refractivity contribution in [3.05, 3.63) is 111 Å². The Morgan fingerprint density at radius 3 is 2.53 bits per heavy atom. The molecular weight excluding hydrogens is 583 g/mol. The average molecular weight is 609 g/mol. The molecule has 1 atom stereocenters. The quantitative estimate of drug-likeness (QED) is 0.195. The maximum Gasteiger partial charge on any atom is 1.00 e. The molecule has 214 valence electrons. The molecule has 43 heavy (non-hydrogen) atoms. The summed E-state index contributed by atoms with van der Waals surface area (Å²) in [6.07, 6.45) is -1.25. The molecule has 6 rings (SSSR count). The smallest absolute Gasteiger partial charge is 0.595 e. The number of hydrogen-bond donors (Lipinski definition) is 1. The van der Waals surface area contributed by atoms with Crippen LogP contribution in [0.4, 0.5) is 4.79 Å². The molecule has 1 amide bonds. The number of hydrogen-bond acceptors (Lipinski definition) is 10. The Morgan fingerprint density at radius 2 is 1.84 bits per heavy atom. The maximum absolute atomic E-state index is 13.2. The number of amides is 1. The molecule has 12 nitrogen and oxygen atoms in total. The number of aromatic nitrogens is 2. The zero-order chi connectivity index (χ0) is 29.2. The molecule has 3 heterocycles. The first-order chi connectivity index (χ1) is 20.4. The van der Waals surface area contributed by atoms with Crippen LogP contribution in [-0.2, 0) is 22.7 Å². The summed E-state index contributed by atoms with van der Waals surface area (Å²) in [5.74, 6) is -1.09. The van der Waals surface area contributed by atoms with Crippen molar-refractivity contribution in [2.75, 3.05) is 6.61 Å². The van der Waals surface area contributed by atoms with Gasteiger partial charge in [-0.15, -0.1) is 0 Å². The second-order valence-corrected chi connectivity index (χ2v) is 9.40. The normalized spacial score (nSPS) is 14.2. The molecule has 1 N–H and O–H groups in total. The summed E-state index contributed by atoms with van der Waals surface area (Å²) in [5, 5.41) is 3.97. The van der Waals surface area contributed by atoms with Crippen molar-refractivity contribution in [2.24, 2.45) is 0 Å². The fourth-order valence-electron chi connectivity index (χ4n) is 4.80. The number of fused-ring (bicyclic) bond motifs is 1. The van der Waals surface area contributed by atoms with Gasteiger partial charge in [0.1, 0.15) is 0 Å². The predicted molar refractivity (Wildman–Crippen MR) is 149 cm³/mol. The number of imidazole rings is 1. The van der Waals surface area contributed by atoms with Gasteiger partial charge >= 0.3 is 63.2 Å². The molecule has 2 aromatic heterocycles. The average Bonchev–Trinajstić information content (AvgIpc) is 3.68. The molecule has 0 radical (unpaired) electrons. The number of carbonyl (C=O) groups is 2. The predicted octanol–water partition coefficient (Wildman–Crippen LogP) is 2.39. The van der Waals surface area contributed by atoms with Crippen LogP contribution in [0.25, 0.3) is 27.5 Å². The molecule has 1 unspecified atom stereocenters. The van der Waals surface area contributed by atoms with Crippen LogP contribution in [0.2, 0.25) is 0 Å². The monoisotopic (exact) mass is 608 g/mol. The van der Waals surface area contributed by atoms with Gasteiger partial charge in [0, 0.05) is 6.17 Å². The van der Waals surface area contributed by atoms with E-state index in [0.717, 1.165) is 22.3 Å². The van der Waals surface area contributed by atoms with Crippen LogP contribution in [0.3, 0.4) is 0 Å².